The predicted molar refractivity (Wildman–Crippen MR) is 94.7 cm³/mol. The molecule has 0 bridgehead atoms. The normalized spacial score (nSPS) is 14.5. The maximum Gasteiger partial charge on any atom is 0.341 e. The van der Waals surface area contributed by atoms with Gasteiger partial charge < -0.3 is 19.9 Å². The van der Waals surface area contributed by atoms with Crippen LogP contribution in [0.25, 0.3) is 6.08 Å². The zero-order valence-electron chi connectivity index (χ0n) is 14.7. The van der Waals surface area contributed by atoms with Crippen LogP contribution in [0.2, 0.25) is 0 Å². The Morgan fingerprint density at radius 3 is 2.65 bits per heavy atom. The predicted octanol–water partition coefficient (Wildman–Crippen LogP) is 2.51. The van der Waals surface area contributed by atoms with Crippen LogP contribution in [-0.2, 0) is 9.59 Å². The summed E-state index contributed by atoms with van der Waals surface area (Å²) in [4.78, 5) is 22.9. The summed E-state index contributed by atoms with van der Waals surface area (Å²) in [6.45, 7) is 1.67. The van der Waals surface area contributed by atoms with Crippen LogP contribution >= 0.6 is 0 Å². The molecule has 0 saturated heterocycles. The van der Waals surface area contributed by atoms with Crippen LogP contribution in [0.5, 0.6) is 11.5 Å². The second kappa shape index (κ2) is 9.47. The highest BCUT2D eigenvalue weighted by Crippen LogP contribution is 2.29. The van der Waals surface area contributed by atoms with E-state index in [4.69, 9.17) is 14.6 Å². The molecule has 0 unspecified atom stereocenters. The lowest BCUT2D eigenvalue weighted by Crippen LogP contribution is -2.33. The number of carbonyl (C=O) groups is 2. The molecule has 138 valence electrons. The number of nitrogens with zero attached hydrogens (tertiary/aromatic N) is 1. The van der Waals surface area contributed by atoms with Crippen molar-refractivity contribution in [2.24, 2.45) is 0 Å². The number of carbonyl (C=O) groups excluding carboxylic acids is 1. The molecule has 0 heterocycles. The molecule has 2 rings (SSSR count). The highest BCUT2D eigenvalue weighted by atomic mass is 16.5. The lowest BCUT2D eigenvalue weighted by molar-refractivity contribution is -0.139. The SMILES string of the molecule is CCOc1cc(/C=C(/C#N)C(=O)NC2CCCC2)ccc1OCC(=O)O. The molecule has 7 heteroatoms. The van der Waals surface area contributed by atoms with E-state index >= 15 is 0 Å². The molecule has 0 atom stereocenters. The second-order valence-electron chi connectivity index (χ2n) is 5.95. The van der Waals surface area contributed by atoms with E-state index in [1.165, 1.54) is 6.08 Å². The lowest BCUT2D eigenvalue weighted by atomic mass is 10.1. The first-order valence-corrected chi connectivity index (χ1v) is 8.57. The Hall–Kier alpha value is -3.01. The molecule has 1 aliphatic carbocycles. The summed E-state index contributed by atoms with van der Waals surface area (Å²) in [5.74, 6) is -0.827. The van der Waals surface area contributed by atoms with Gasteiger partial charge in [-0.1, -0.05) is 18.9 Å². The minimum Gasteiger partial charge on any atom is -0.490 e. The number of ether oxygens (including phenoxy) is 2. The molecule has 0 spiro atoms. The number of carboxylic acids is 1. The van der Waals surface area contributed by atoms with Gasteiger partial charge in [-0.15, -0.1) is 0 Å². The van der Waals surface area contributed by atoms with E-state index in [9.17, 15) is 14.9 Å². The van der Waals surface area contributed by atoms with Gasteiger partial charge in [0.05, 0.1) is 6.61 Å². The standard InChI is InChI=1S/C19H22N2O5/c1-2-25-17-10-13(7-8-16(17)26-12-18(22)23)9-14(11-20)19(24)21-15-5-3-4-6-15/h7-10,15H,2-6,12H2,1H3,(H,21,24)(H,22,23)/b14-9-. The molecule has 7 nitrogen and oxygen atoms in total. The number of aliphatic carboxylic acids is 1. The zero-order valence-corrected chi connectivity index (χ0v) is 14.7. The van der Waals surface area contributed by atoms with E-state index in [0.29, 0.717) is 23.7 Å². The van der Waals surface area contributed by atoms with E-state index in [2.05, 4.69) is 5.32 Å². The summed E-state index contributed by atoms with van der Waals surface area (Å²) in [6.07, 6.45) is 5.54. The molecule has 1 aromatic carbocycles. The number of hydrogen-bond acceptors (Lipinski definition) is 5. The van der Waals surface area contributed by atoms with Gasteiger partial charge in [0.15, 0.2) is 18.1 Å². The number of carboxylic acid groups (broad SMARTS) is 1. The molecule has 0 radical (unpaired) electrons. The lowest BCUT2D eigenvalue weighted by Gasteiger charge is -2.12. The quantitative estimate of drug-likeness (QED) is 0.546. The molecular weight excluding hydrogens is 336 g/mol. The van der Waals surface area contributed by atoms with E-state index in [1.807, 2.05) is 6.07 Å². The monoisotopic (exact) mass is 358 g/mol. The fourth-order valence-corrected chi connectivity index (χ4v) is 2.79. The van der Waals surface area contributed by atoms with Crippen LogP contribution in [0.1, 0.15) is 38.2 Å². The topological polar surface area (TPSA) is 109 Å². The van der Waals surface area contributed by atoms with Gasteiger partial charge in [-0.25, -0.2) is 4.79 Å². The Labute approximate surface area is 152 Å². The van der Waals surface area contributed by atoms with Crippen molar-refractivity contribution in [1.82, 2.24) is 5.32 Å². The number of nitrogens with one attached hydrogen (secondary N) is 1. The Bertz CT molecular complexity index is 730. The Balaban J connectivity index is 2.17. The smallest absolute Gasteiger partial charge is 0.341 e. The van der Waals surface area contributed by atoms with Crippen molar-refractivity contribution in [3.63, 3.8) is 0 Å². The third-order valence-corrected chi connectivity index (χ3v) is 3.99. The van der Waals surface area contributed by atoms with Crippen molar-refractivity contribution in [3.8, 4) is 17.6 Å². The molecule has 1 fully saturated rings. The molecule has 26 heavy (non-hydrogen) atoms. The number of hydrogen-bond donors (Lipinski definition) is 2. The van der Waals surface area contributed by atoms with Crippen molar-refractivity contribution in [2.45, 2.75) is 38.6 Å². The zero-order chi connectivity index (χ0) is 18.9. The summed E-state index contributed by atoms with van der Waals surface area (Å²) in [7, 11) is 0. The van der Waals surface area contributed by atoms with Crippen molar-refractivity contribution in [3.05, 3.63) is 29.3 Å². The summed E-state index contributed by atoms with van der Waals surface area (Å²) < 4.78 is 10.6. The van der Waals surface area contributed by atoms with E-state index in [-0.39, 0.29) is 17.5 Å². The molecule has 1 saturated carbocycles. The Morgan fingerprint density at radius 2 is 2.04 bits per heavy atom. The first kappa shape index (κ1) is 19.3. The minimum atomic E-state index is -1.09. The highest BCUT2D eigenvalue weighted by Gasteiger charge is 2.19. The average Bonchev–Trinajstić information content (AvgIpc) is 3.12. The van der Waals surface area contributed by atoms with Gasteiger partial charge in [-0.3, -0.25) is 4.79 Å². The van der Waals surface area contributed by atoms with Crippen molar-refractivity contribution in [1.29, 1.82) is 5.26 Å². The maximum absolute atomic E-state index is 12.3. The van der Waals surface area contributed by atoms with Crippen LogP contribution in [-0.4, -0.2) is 36.2 Å². The van der Waals surface area contributed by atoms with Gasteiger partial charge >= 0.3 is 5.97 Å². The van der Waals surface area contributed by atoms with Crippen molar-refractivity contribution < 1.29 is 24.2 Å². The minimum absolute atomic E-state index is 0.0125. The van der Waals surface area contributed by atoms with E-state index in [1.54, 1.807) is 25.1 Å². The van der Waals surface area contributed by atoms with Crippen molar-refractivity contribution >= 4 is 18.0 Å². The van der Waals surface area contributed by atoms with Gasteiger partial charge in [0.1, 0.15) is 11.6 Å². The van der Waals surface area contributed by atoms with Gasteiger partial charge in [0, 0.05) is 6.04 Å². The third-order valence-electron chi connectivity index (χ3n) is 3.99. The van der Waals surface area contributed by atoms with E-state index in [0.717, 1.165) is 25.7 Å². The molecule has 1 aliphatic rings. The fraction of sp³-hybridized carbons (Fsp3) is 0.421. The first-order valence-electron chi connectivity index (χ1n) is 8.57. The molecule has 2 N–H and O–H groups in total. The number of amides is 1. The number of nitriles is 1. The first-order chi connectivity index (χ1) is 12.5. The highest BCUT2D eigenvalue weighted by molar-refractivity contribution is 6.01. The Morgan fingerprint density at radius 1 is 1.31 bits per heavy atom. The molecule has 0 aliphatic heterocycles. The van der Waals surface area contributed by atoms with Crippen LogP contribution in [0.15, 0.2) is 23.8 Å². The van der Waals surface area contributed by atoms with Gasteiger partial charge in [-0.2, -0.15) is 5.26 Å². The van der Waals surface area contributed by atoms with E-state index < -0.39 is 12.6 Å². The summed E-state index contributed by atoms with van der Waals surface area (Å²) in [6, 6.07) is 6.87. The summed E-state index contributed by atoms with van der Waals surface area (Å²) in [5.41, 5.74) is 0.604. The molecular formula is C19H22N2O5. The van der Waals surface area contributed by atoms with Gasteiger partial charge in [-0.05, 0) is 43.5 Å². The fourth-order valence-electron chi connectivity index (χ4n) is 2.79. The van der Waals surface area contributed by atoms with Crippen LogP contribution in [0.4, 0.5) is 0 Å². The van der Waals surface area contributed by atoms with Crippen LogP contribution in [0, 0.1) is 11.3 Å². The van der Waals surface area contributed by atoms with Crippen LogP contribution in [0.3, 0.4) is 0 Å². The second-order valence-corrected chi connectivity index (χ2v) is 5.95. The number of benzene rings is 1. The van der Waals surface area contributed by atoms with Crippen LogP contribution < -0.4 is 14.8 Å². The third kappa shape index (κ3) is 5.52. The molecule has 1 amide bonds. The molecule has 0 aromatic heterocycles. The van der Waals surface area contributed by atoms with Crippen molar-refractivity contribution in [2.75, 3.05) is 13.2 Å². The summed E-state index contributed by atoms with van der Waals surface area (Å²) >= 11 is 0. The largest absolute Gasteiger partial charge is 0.490 e. The summed E-state index contributed by atoms with van der Waals surface area (Å²) in [5, 5.41) is 20.9. The number of rotatable bonds is 8. The van der Waals surface area contributed by atoms with Gasteiger partial charge in [0.2, 0.25) is 0 Å². The molecule has 1 aromatic rings. The van der Waals surface area contributed by atoms with Gasteiger partial charge in [0.25, 0.3) is 5.91 Å². The maximum atomic E-state index is 12.3. The Kier molecular flexibility index (Phi) is 7.03. The average molecular weight is 358 g/mol.